The van der Waals surface area contributed by atoms with Crippen molar-refractivity contribution in [2.75, 3.05) is 53.4 Å². The van der Waals surface area contributed by atoms with Crippen LogP contribution in [-0.4, -0.2) is 83.5 Å². The van der Waals surface area contributed by atoms with Crippen LogP contribution in [0.2, 0.25) is 5.02 Å². The Morgan fingerprint density at radius 2 is 1.67 bits per heavy atom. The molecule has 1 aliphatic heterocycles. The number of nitrogens with zero attached hydrogens (tertiary/aromatic N) is 7. The van der Waals surface area contributed by atoms with Crippen LogP contribution in [0.15, 0.2) is 90.1 Å². The van der Waals surface area contributed by atoms with E-state index in [2.05, 4.69) is 35.0 Å². The summed E-state index contributed by atoms with van der Waals surface area (Å²) in [6, 6.07) is 25.2. The molecule has 0 atom stereocenters. The maximum Gasteiger partial charge on any atom is 0.253 e. The molecular formula is C34H32ClN7O. The zero-order chi connectivity index (χ0) is 29.9. The molecule has 0 saturated carbocycles. The molecule has 216 valence electrons. The van der Waals surface area contributed by atoms with Crippen LogP contribution in [0.5, 0.6) is 0 Å². The van der Waals surface area contributed by atoms with Gasteiger partial charge in [0.25, 0.3) is 5.91 Å². The molecule has 1 fully saturated rings. The van der Waals surface area contributed by atoms with Gasteiger partial charge in [-0.25, -0.2) is 0 Å². The van der Waals surface area contributed by atoms with Crippen LogP contribution in [0, 0.1) is 11.5 Å². The monoisotopic (exact) mass is 589 g/mol. The number of hydrogen-bond donors (Lipinski definition) is 0. The molecule has 6 rings (SSSR count). The second-order valence-corrected chi connectivity index (χ2v) is 11.5. The SMILES string of the molecule is CN(C)CCN1CCN(C(=O)c2ccc(-n3c(=NC#N)ccc4cnc5ccc(-c6ccc(Cl)cc6)cc5c43)cc2)CC1. The van der Waals surface area contributed by atoms with Crippen LogP contribution in [0.25, 0.3) is 38.6 Å². The fourth-order valence-electron chi connectivity index (χ4n) is 5.59. The number of benzene rings is 3. The molecule has 9 heteroatoms. The number of aromatic nitrogens is 2. The van der Waals surface area contributed by atoms with Crippen molar-refractivity contribution in [2.24, 2.45) is 4.99 Å². The maximum atomic E-state index is 13.4. The molecule has 0 N–H and O–H groups in total. The molecule has 0 aliphatic carbocycles. The highest BCUT2D eigenvalue weighted by molar-refractivity contribution is 6.30. The van der Waals surface area contributed by atoms with E-state index in [1.165, 1.54) is 0 Å². The number of hydrogen-bond acceptors (Lipinski definition) is 6. The van der Waals surface area contributed by atoms with Crippen molar-refractivity contribution in [1.82, 2.24) is 24.3 Å². The predicted molar refractivity (Wildman–Crippen MR) is 171 cm³/mol. The number of pyridine rings is 2. The standard InChI is InChI=1S/C34H32ClN7O/c1-39(2)15-16-40-17-19-41(20-18-40)34(43)25-5-11-29(12-6-25)42-32(38-23-36)14-8-27-22-37-31-13-7-26(21-30(31)33(27)42)24-3-9-28(35)10-4-24/h3-14,21-22H,15-20H2,1-2H3. The molecule has 8 nitrogen and oxygen atoms in total. The van der Waals surface area contributed by atoms with Gasteiger partial charge >= 0.3 is 0 Å². The van der Waals surface area contributed by atoms with Crippen molar-refractivity contribution < 1.29 is 4.79 Å². The third-order valence-corrected chi connectivity index (χ3v) is 8.22. The zero-order valence-electron chi connectivity index (χ0n) is 24.2. The molecule has 0 radical (unpaired) electrons. The summed E-state index contributed by atoms with van der Waals surface area (Å²) in [5, 5.41) is 12.0. The minimum Gasteiger partial charge on any atom is -0.336 e. The van der Waals surface area contributed by atoms with E-state index in [0.29, 0.717) is 29.2 Å². The van der Waals surface area contributed by atoms with Gasteiger partial charge in [-0.15, -0.1) is 0 Å². The van der Waals surface area contributed by atoms with Crippen LogP contribution in [0.3, 0.4) is 0 Å². The minimum atomic E-state index is 0.0333. The van der Waals surface area contributed by atoms with Crippen molar-refractivity contribution in [2.45, 2.75) is 0 Å². The van der Waals surface area contributed by atoms with E-state index in [-0.39, 0.29) is 5.91 Å². The zero-order valence-corrected chi connectivity index (χ0v) is 25.0. The van der Waals surface area contributed by atoms with Gasteiger partial charge in [-0.05, 0) is 85.9 Å². The number of carbonyl (C=O) groups excluding carboxylic acids is 1. The van der Waals surface area contributed by atoms with Crippen LogP contribution in [0.4, 0.5) is 0 Å². The van der Waals surface area contributed by atoms with Crippen molar-refractivity contribution in [1.29, 1.82) is 5.26 Å². The molecular weight excluding hydrogens is 558 g/mol. The summed E-state index contributed by atoms with van der Waals surface area (Å²) < 4.78 is 1.96. The van der Waals surface area contributed by atoms with E-state index >= 15 is 0 Å². The predicted octanol–water partition coefficient (Wildman–Crippen LogP) is 5.20. The lowest BCUT2D eigenvalue weighted by Crippen LogP contribution is -2.49. The molecule has 1 saturated heterocycles. The summed E-state index contributed by atoms with van der Waals surface area (Å²) in [6.07, 6.45) is 3.78. The minimum absolute atomic E-state index is 0.0333. The van der Waals surface area contributed by atoms with E-state index < -0.39 is 0 Å². The lowest BCUT2D eigenvalue weighted by atomic mass is 10.0. The van der Waals surface area contributed by atoms with Crippen LogP contribution >= 0.6 is 11.6 Å². The molecule has 1 amide bonds. The van der Waals surface area contributed by atoms with Gasteiger partial charge in [0.15, 0.2) is 0 Å². The lowest BCUT2D eigenvalue weighted by Gasteiger charge is -2.35. The van der Waals surface area contributed by atoms with Gasteiger partial charge in [0.2, 0.25) is 6.19 Å². The average Bonchev–Trinajstić information content (AvgIpc) is 3.04. The molecule has 3 aromatic carbocycles. The number of nitriles is 1. The van der Waals surface area contributed by atoms with E-state index in [1.54, 1.807) is 0 Å². The summed E-state index contributed by atoms with van der Waals surface area (Å²) >= 11 is 6.13. The number of fused-ring (bicyclic) bond motifs is 3. The smallest absolute Gasteiger partial charge is 0.253 e. The largest absolute Gasteiger partial charge is 0.336 e. The number of halogens is 1. The molecule has 1 aliphatic rings. The van der Waals surface area contributed by atoms with Crippen molar-refractivity contribution in [3.63, 3.8) is 0 Å². The first-order valence-electron chi connectivity index (χ1n) is 14.3. The number of amides is 1. The highest BCUT2D eigenvalue weighted by Gasteiger charge is 2.22. The van der Waals surface area contributed by atoms with E-state index in [0.717, 1.165) is 64.8 Å². The van der Waals surface area contributed by atoms with E-state index in [1.807, 2.05) is 94.7 Å². The third kappa shape index (κ3) is 6.02. The Bertz CT molecular complexity index is 1900. The van der Waals surface area contributed by atoms with Crippen molar-refractivity contribution in [3.8, 4) is 23.0 Å². The first-order chi connectivity index (χ1) is 20.9. The van der Waals surface area contributed by atoms with Gasteiger partial charge in [0.05, 0.1) is 11.0 Å². The Morgan fingerprint density at radius 1 is 0.953 bits per heavy atom. The van der Waals surface area contributed by atoms with E-state index in [4.69, 9.17) is 16.6 Å². The lowest BCUT2D eigenvalue weighted by molar-refractivity contribution is 0.0629. The van der Waals surface area contributed by atoms with Gasteiger partial charge in [0.1, 0.15) is 5.49 Å². The number of rotatable bonds is 6. The van der Waals surface area contributed by atoms with Gasteiger partial charge in [-0.2, -0.15) is 10.3 Å². The van der Waals surface area contributed by atoms with Crippen LogP contribution in [0.1, 0.15) is 10.4 Å². The Balaban J connectivity index is 1.37. The normalized spacial score (nSPS) is 14.5. The summed E-state index contributed by atoms with van der Waals surface area (Å²) in [4.78, 5) is 28.7. The average molecular weight is 590 g/mol. The fraction of sp³-hybridized carbons (Fsp3) is 0.235. The number of piperazine rings is 1. The van der Waals surface area contributed by atoms with E-state index in [9.17, 15) is 10.1 Å². The van der Waals surface area contributed by atoms with Gasteiger partial charge in [-0.1, -0.05) is 29.8 Å². The topological polar surface area (TPSA) is 80.8 Å². The number of likely N-dealkylation sites (N-methyl/N-ethyl adjacent to an activating group) is 1. The summed E-state index contributed by atoms with van der Waals surface area (Å²) in [5.74, 6) is 0.0333. The molecule has 0 bridgehead atoms. The molecule has 2 aromatic heterocycles. The first kappa shape index (κ1) is 28.6. The van der Waals surface area contributed by atoms with Crippen LogP contribution < -0.4 is 5.49 Å². The quantitative estimate of drug-likeness (QED) is 0.201. The van der Waals surface area contributed by atoms with Crippen molar-refractivity contribution in [3.05, 3.63) is 101 Å². The fourth-order valence-corrected chi connectivity index (χ4v) is 5.72. The molecule has 3 heterocycles. The number of carbonyl (C=O) groups is 1. The summed E-state index contributed by atoms with van der Waals surface area (Å²) in [7, 11) is 4.16. The maximum absolute atomic E-state index is 13.4. The highest BCUT2D eigenvalue weighted by atomic mass is 35.5. The van der Waals surface area contributed by atoms with Gasteiger partial charge in [-0.3, -0.25) is 19.2 Å². The second kappa shape index (κ2) is 12.4. The molecule has 0 spiro atoms. The second-order valence-electron chi connectivity index (χ2n) is 11.0. The summed E-state index contributed by atoms with van der Waals surface area (Å²) in [5.41, 5.74) is 5.70. The van der Waals surface area contributed by atoms with Gasteiger partial charge < -0.3 is 9.80 Å². The van der Waals surface area contributed by atoms with Crippen LogP contribution in [-0.2, 0) is 0 Å². The van der Waals surface area contributed by atoms with Crippen molar-refractivity contribution >= 4 is 39.3 Å². The van der Waals surface area contributed by atoms with Gasteiger partial charge in [0, 0.05) is 72.5 Å². The summed E-state index contributed by atoms with van der Waals surface area (Å²) in [6.45, 7) is 5.20. The molecule has 43 heavy (non-hydrogen) atoms. The first-order valence-corrected chi connectivity index (χ1v) is 14.7. The molecule has 0 unspecified atom stereocenters. The molecule has 5 aromatic rings. The Hall–Kier alpha value is -4.55. The Kier molecular flexibility index (Phi) is 8.21. The highest BCUT2D eigenvalue weighted by Crippen LogP contribution is 2.30. The Labute approximate surface area is 255 Å². The Morgan fingerprint density at radius 3 is 2.37 bits per heavy atom. The third-order valence-electron chi connectivity index (χ3n) is 7.97.